The van der Waals surface area contributed by atoms with Crippen molar-refractivity contribution in [3.8, 4) is 33.9 Å². The van der Waals surface area contributed by atoms with Crippen molar-refractivity contribution < 1.29 is 0 Å². The molecule has 3 nitrogen and oxygen atoms in total. The Bertz CT molecular complexity index is 1670. The van der Waals surface area contributed by atoms with Crippen molar-refractivity contribution >= 4 is 0 Å². The molecule has 0 bridgehead atoms. The van der Waals surface area contributed by atoms with Gasteiger partial charge in [0.2, 0.25) is 0 Å². The number of fused-ring (bicyclic) bond motifs is 3. The maximum atomic E-state index is 4.93. The Morgan fingerprint density at radius 2 is 0.973 bits per heavy atom. The summed E-state index contributed by atoms with van der Waals surface area (Å²) in [5, 5.41) is 0. The lowest BCUT2D eigenvalue weighted by Gasteiger charge is -2.33. The molecule has 0 N–H and O–H groups in total. The van der Waals surface area contributed by atoms with Gasteiger partial charge in [0.05, 0.1) is 5.41 Å². The zero-order valence-electron chi connectivity index (χ0n) is 20.1. The maximum Gasteiger partial charge on any atom is 0.164 e. The highest BCUT2D eigenvalue weighted by Crippen LogP contribution is 2.57. The Morgan fingerprint density at radius 3 is 1.68 bits per heavy atom. The minimum Gasteiger partial charge on any atom is -0.217 e. The van der Waals surface area contributed by atoms with Crippen LogP contribution in [-0.4, -0.2) is 15.0 Å². The second kappa shape index (κ2) is 8.65. The smallest absolute Gasteiger partial charge is 0.164 e. The van der Waals surface area contributed by atoms with Gasteiger partial charge >= 0.3 is 0 Å². The van der Waals surface area contributed by atoms with E-state index in [4.69, 9.17) is 4.98 Å². The number of nitrogens with zero attached hydrogens (tertiary/aromatic N) is 3. The highest BCUT2D eigenvalue weighted by atomic mass is 15.0. The van der Waals surface area contributed by atoms with Crippen LogP contribution in [-0.2, 0) is 5.41 Å². The van der Waals surface area contributed by atoms with Gasteiger partial charge in [0.25, 0.3) is 0 Å². The van der Waals surface area contributed by atoms with Crippen molar-refractivity contribution in [2.24, 2.45) is 0 Å². The molecule has 0 spiro atoms. The van der Waals surface area contributed by atoms with E-state index in [1.165, 1.54) is 33.4 Å². The quantitative estimate of drug-likeness (QED) is 0.265. The van der Waals surface area contributed by atoms with Gasteiger partial charge in [-0.2, -0.15) is 0 Å². The first-order chi connectivity index (χ1) is 18.4. The molecule has 0 fully saturated rings. The third-order valence-corrected chi connectivity index (χ3v) is 7.33. The molecular formula is C34H23N3. The molecule has 5 aromatic carbocycles. The summed E-state index contributed by atoms with van der Waals surface area (Å²) >= 11 is 0. The zero-order chi connectivity index (χ0) is 24.7. The number of aromatic nitrogens is 3. The summed E-state index contributed by atoms with van der Waals surface area (Å²) in [5.74, 6) is 1.35. The normalized spacial score (nSPS) is 13.1. The van der Waals surface area contributed by atoms with E-state index in [1.807, 2.05) is 30.3 Å². The molecule has 0 radical (unpaired) electrons. The highest BCUT2D eigenvalue weighted by molar-refractivity contribution is 5.94. The molecule has 0 saturated carbocycles. The molecule has 3 heteroatoms. The molecule has 6 aromatic rings. The second-order valence-corrected chi connectivity index (χ2v) is 9.25. The summed E-state index contributed by atoms with van der Waals surface area (Å²) in [5.41, 5.74) is 8.92. The summed E-state index contributed by atoms with van der Waals surface area (Å²) < 4.78 is 0. The summed E-state index contributed by atoms with van der Waals surface area (Å²) in [6, 6.07) is 47.0. The Kier molecular flexibility index (Phi) is 5.00. The number of hydrogen-bond donors (Lipinski definition) is 0. The van der Waals surface area contributed by atoms with Crippen molar-refractivity contribution in [1.29, 1.82) is 0 Å². The molecule has 1 heterocycles. The molecule has 0 saturated heterocycles. The molecule has 7 rings (SSSR count). The van der Waals surface area contributed by atoms with Crippen LogP contribution in [0.4, 0.5) is 0 Å². The first-order valence-corrected chi connectivity index (χ1v) is 12.5. The minimum absolute atomic E-state index is 0.445. The first kappa shape index (κ1) is 21.4. The lowest BCUT2D eigenvalue weighted by molar-refractivity contribution is 0.768. The average molecular weight is 474 g/mol. The Balaban J connectivity index is 1.55. The molecule has 0 unspecified atom stereocenters. The number of hydrogen-bond acceptors (Lipinski definition) is 3. The standard InChI is InChI=1S/C34H23N3/c1-4-13-24(14-5-1)32-35-23-36-33(37-32)28-20-12-22-30-31(28)27-19-10-11-21-29(27)34(30,25-15-6-2-7-16-25)26-17-8-3-9-18-26/h1-23H. The number of benzene rings is 5. The van der Waals surface area contributed by atoms with Gasteiger partial charge < -0.3 is 0 Å². The van der Waals surface area contributed by atoms with Gasteiger partial charge in [0, 0.05) is 11.1 Å². The predicted octanol–water partition coefficient (Wildman–Crippen LogP) is 7.57. The van der Waals surface area contributed by atoms with Crippen molar-refractivity contribution in [3.63, 3.8) is 0 Å². The van der Waals surface area contributed by atoms with Crippen molar-refractivity contribution in [3.05, 3.63) is 162 Å². The molecule has 37 heavy (non-hydrogen) atoms. The van der Waals surface area contributed by atoms with E-state index in [2.05, 4.69) is 113 Å². The Labute approximate surface area is 216 Å². The van der Waals surface area contributed by atoms with Gasteiger partial charge in [0.1, 0.15) is 6.33 Å². The SMILES string of the molecule is c1ccc(-c2ncnc(-c3cccc4c3-c3ccccc3C4(c3ccccc3)c3ccccc3)n2)cc1. The van der Waals surface area contributed by atoms with Crippen LogP contribution in [0, 0.1) is 0 Å². The van der Waals surface area contributed by atoms with E-state index in [9.17, 15) is 0 Å². The summed E-state index contributed by atoms with van der Waals surface area (Å²) in [6.07, 6.45) is 1.62. The van der Waals surface area contributed by atoms with Crippen LogP contribution in [0.1, 0.15) is 22.3 Å². The van der Waals surface area contributed by atoms with Gasteiger partial charge in [0.15, 0.2) is 11.6 Å². The fourth-order valence-corrected chi connectivity index (χ4v) is 5.83. The molecule has 1 aromatic heterocycles. The number of rotatable bonds is 4. The molecule has 1 aliphatic rings. The Morgan fingerprint density at radius 1 is 0.432 bits per heavy atom. The minimum atomic E-state index is -0.445. The van der Waals surface area contributed by atoms with Crippen LogP contribution in [0.2, 0.25) is 0 Å². The van der Waals surface area contributed by atoms with Gasteiger partial charge in [-0.25, -0.2) is 15.0 Å². The maximum absolute atomic E-state index is 4.93. The van der Waals surface area contributed by atoms with Crippen molar-refractivity contribution in [2.75, 3.05) is 0 Å². The molecule has 0 atom stereocenters. The van der Waals surface area contributed by atoms with E-state index in [0.29, 0.717) is 11.6 Å². The molecular weight excluding hydrogens is 450 g/mol. The van der Waals surface area contributed by atoms with E-state index < -0.39 is 5.41 Å². The van der Waals surface area contributed by atoms with Crippen molar-refractivity contribution in [1.82, 2.24) is 15.0 Å². The predicted molar refractivity (Wildman–Crippen MR) is 148 cm³/mol. The summed E-state index contributed by atoms with van der Waals surface area (Å²) in [6.45, 7) is 0. The zero-order valence-corrected chi connectivity index (χ0v) is 20.1. The molecule has 174 valence electrons. The molecule has 1 aliphatic carbocycles. The molecule has 0 amide bonds. The fraction of sp³-hybridized carbons (Fsp3) is 0.0294. The summed E-state index contributed by atoms with van der Waals surface area (Å²) in [4.78, 5) is 14.1. The van der Waals surface area contributed by atoms with Crippen LogP contribution in [0.5, 0.6) is 0 Å². The molecule has 0 aliphatic heterocycles. The average Bonchev–Trinajstić information content (AvgIpc) is 3.30. The van der Waals surface area contributed by atoms with Gasteiger partial charge in [-0.15, -0.1) is 0 Å². The van der Waals surface area contributed by atoms with Crippen LogP contribution < -0.4 is 0 Å². The lowest BCUT2D eigenvalue weighted by Crippen LogP contribution is -2.28. The van der Waals surface area contributed by atoms with E-state index in [0.717, 1.165) is 11.1 Å². The van der Waals surface area contributed by atoms with Gasteiger partial charge in [-0.3, -0.25) is 0 Å². The second-order valence-electron chi connectivity index (χ2n) is 9.25. The van der Waals surface area contributed by atoms with E-state index in [1.54, 1.807) is 6.33 Å². The van der Waals surface area contributed by atoms with Crippen LogP contribution in [0.25, 0.3) is 33.9 Å². The van der Waals surface area contributed by atoms with Crippen LogP contribution >= 0.6 is 0 Å². The topological polar surface area (TPSA) is 38.7 Å². The van der Waals surface area contributed by atoms with Gasteiger partial charge in [-0.05, 0) is 33.4 Å². The largest absolute Gasteiger partial charge is 0.217 e. The fourth-order valence-electron chi connectivity index (χ4n) is 5.83. The third-order valence-electron chi connectivity index (χ3n) is 7.33. The van der Waals surface area contributed by atoms with E-state index in [-0.39, 0.29) is 0 Å². The highest BCUT2D eigenvalue weighted by Gasteiger charge is 2.46. The van der Waals surface area contributed by atoms with Gasteiger partial charge in [-0.1, -0.05) is 133 Å². The lowest BCUT2D eigenvalue weighted by atomic mass is 9.67. The monoisotopic (exact) mass is 473 g/mol. The van der Waals surface area contributed by atoms with Crippen LogP contribution in [0.15, 0.2) is 140 Å². The first-order valence-electron chi connectivity index (χ1n) is 12.5. The third kappa shape index (κ3) is 3.25. The summed E-state index contributed by atoms with van der Waals surface area (Å²) in [7, 11) is 0. The van der Waals surface area contributed by atoms with E-state index >= 15 is 0 Å². The van der Waals surface area contributed by atoms with Crippen LogP contribution in [0.3, 0.4) is 0 Å². The Hall–Kier alpha value is -4.89. The van der Waals surface area contributed by atoms with Crippen molar-refractivity contribution in [2.45, 2.75) is 5.41 Å².